The zero-order chi connectivity index (χ0) is 16.3. The Hall–Kier alpha value is -1.91. The maximum absolute atomic E-state index is 2.41. The summed E-state index contributed by atoms with van der Waals surface area (Å²) in [6.07, 6.45) is 0. The van der Waals surface area contributed by atoms with Gasteiger partial charge in [0, 0.05) is 0 Å². The molecule has 1 radical (unpaired) electrons. The maximum Gasteiger partial charge on any atom is 0.154 e. The fraction of sp³-hybridized carbons (Fsp3) is 0.143. The second kappa shape index (κ2) is 6.69. The highest BCUT2D eigenvalue weighted by Crippen LogP contribution is 2.02. The summed E-state index contributed by atoms with van der Waals surface area (Å²) in [4.78, 5) is 0. The Kier molecular flexibility index (Phi) is 4.64. The molecular formula is C21H23Si2. The summed E-state index contributed by atoms with van der Waals surface area (Å²) in [6, 6.07) is 31.3. The van der Waals surface area contributed by atoms with E-state index in [1.807, 2.05) is 0 Å². The molecule has 3 aromatic rings. The van der Waals surface area contributed by atoms with Crippen molar-refractivity contribution in [2.24, 2.45) is 0 Å². The highest BCUT2D eigenvalue weighted by molar-refractivity contribution is 6.95. The number of hydrogen-bond donors (Lipinski definition) is 0. The van der Waals surface area contributed by atoms with Crippen molar-refractivity contribution < 1.29 is 0 Å². The van der Waals surface area contributed by atoms with Crippen LogP contribution < -0.4 is 20.7 Å². The molecular weight excluding hydrogens is 308 g/mol. The molecule has 0 bridgehead atoms. The van der Waals surface area contributed by atoms with Crippen LogP contribution in [0.4, 0.5) is 0 Å². The third kappa shape index (κ3) is 3.71. The number of rotatable bonds is 4. The molecule has 0 aliphatic carbocycles. The Bertz CT molecular complexity index is 702. The van der Waals surface area contributed by atoms with E-state index in [2.05, 4.69) is 105 Å². The van der Waals surface area contributed by atoms with Crippen LogP contribution in [0.1, 0.15) is 0 Å². The van der Waals surface area contributed by atoms with Crippen molar-refractivity contribution in [1.29, 1.82) is 0 Å². The van der Waals surface area contributed by atoms with Crippen LogP contribution >= 0.6 is 0 Å². The van der Waals surface area contributed by atoms with Crippen LogP contribution in [0.5, 0.6) is 0 Å². The highest BCUT2D eigenvalue weighted by atomic mass is 28.3. The number of hydrogen-bond acceptors (Lipinski definition) is 0. The van der Waals surface area contributed by atoms with Crippen LogP contribution in [0.15, 0.2) is 84.9 Å². The number of benzene rings is 3. The first-order valence-electron chi connectivity index (χ1n) is 8.14. The fourth-order valence-corrected chi connectivity index (χ4v) is 6.56. The molecule has 3 rings (SSSR count). The quantitative estimate of drug-likeness (QED) is 0.509. The molecule has 0 atom stereocenters. The normalized spacial score (nSPS) is 11.7. The Morgan fingerprint density at radius 1 is 0.522 bits per heavy atom. The van der Waals surface area contributed by atoms with E-state index in [4.69, 9.17) is 0 Å². The molecule has 0 aromatic heterocycles. The van der Waals surface area contributed by atoms with Gasteiger partial charge in [-0.1, -0.05) is 125 Å². The van der Waals surface area contributed by atoms with Crippen molar-refractivity contribution in [2.75, 3.05) is 0 Å². The van der Waals surface area contributed by atoms with E-state index >= 15 is 0 Å². The van der Waals surface area contributed by atoms with Crippen molar-refractivity contribution >= 4 is 37.6 Å². The van der Waals surface area contributed by atoms with Crippen molar-refractivity contribution in [3.63, 3.8) is 0 Å². The molecule has 115 valence electrons. The lowest BCUT2D eigenvalue weighted by atomic mass is 10.3. The maximum atomic E-state index is 2.41. The van der Waals surface area contributed by atoms with Crippen LogP contribution in [-0.4, -0.2) is 16.9 Å². The Morgan fingerprint density at radius 2 is 0.913 bits per heavy atom. The fourth-order valence-electron chi connectivity index (χ4n) is 2.85. The second-order valence-corrected chi connectivity index (χ2v) is 14.5. The summed E-state index contributed by atoms with van der Waals surface area (Å²) in [5.41, 5.74) is 0. The van der Waals surface area contributed by atoms with Crippen LogP contribution in [0.3, 0.4) is 0 Å². The minimum Gasteiger partial charge on any atom is -0.0656 e. The lowest BCUT2D eigenvalue weighted by Crippen LogP contribution is -2.52. The molecule has 0 N–H and O–H groups in total. The molecule has 0 aliphatic rings. The van der Waals surface area contributed by atoms with Crippen LogP contribution in [-0.2, 0) is 0 Å². The Balaban J connectivity index is 2.06. The first kappa shape index (κ1) is 16.0. The van der Waals surface area contributed by atoms with Gasteiger partial charge in [-0.3, -0.25) is 0 Å². The van der Waals surface area contributed by atoms with Crippen molar-refractivity contribution in [1.82, 2.24) is 0 Å². The van der Waals surface area contributed by atoms with Crippen LogP contribution in [0.2, 0.25) is 19.6 Å². The van der Waals surface area contributed by atoms with Gasteiger partial charge in [-0.2, -0.15) is 0 Å². The van der Waals surface area contributed by atoms with E-state index in [1.54, 1.807) is 0 Å². The van der Waals surface area contributed by atoms with E-state index in [0.717, 1.165) is 0 Å². The standard InChI is InChI=1S/C21H23Si2/c1-23(2,3)21-16-14-20(15-17-21)22(18-10-6-4-7-11-18)19-12-8-5-9-13-19/h4-17H,1-3H3. The summed E-state index contributed by atoms with van der Waals surface area (Å²) < 4.78 is 0. The van der Waals surface area contributed by atoms with Gasteiger partial charge in [0.1, 0.15) is 0 Å². The molecule has 23 heavy (non-hydrogen) atoms. The van der Waals surface area contributed by atoms with Gasteiger partial charge in [0.05, 0.1) is 8.07 Å². The minimum atomic E-state index is -1.24. The summed E-state index contributed by atoms with van der Waals surface area (Å²) in [5.74, 6) is 0. The van der Waals surface area contributed by atoms with Crippen LogP contribution in [0.25, 0.3) is 0 Å². The van der Waals surface area contributed by atoms with E-state index < -0.39 is 16.9 Å². The molecule has 0 spiro atoms. The van der Waals surface area contributed by atoms with Gasteiger partial charge in [-0.15, -0.1) is 0 Å². The van der Waals surface area contributed by atoms with E-state index in [9.17, 15) is 0 Å². The van der Waals surface area contributed by atoms with Gasteiger partial charge in [-0.05, 0) is 0 Å². The average Bonchev–Trinajstić information content (AvgIpc) is 2.57. The molecule has 0 fully saturated rings. The molecule has 0 unspecified atom stereocenters. The molecule has 0 nitrogen and oxygen atoms in total. The lowest BCUT2D eigenvalue weighted by Gasteiger charge is -2.20. The van der Waals surface area contributed by atoms with Crippen molar-refractivity contribution in [2.45, 2.75) is 19.6 Å². The van der Waals surface area contributed by atoms with E-state index in [0.29, 0.717) is 0 Å². The average molecular weight is 332 g/mol. The van der Waals surface area contributed by atoms with Gasteiger partial charge >= 0.3 is 0 Å². The van der Waals surface area contributed by atoms with Crippen molar-refractivity contribution in [3.05, 3.63) is 84.9 Å². The highest BCUT2D eigenvalue weighted by Gasteiger charge is 2.21. The van der Waals surface area contributed by atoms with Crippen molar-refractivity contribution in [3.8, 4) is 0 Å². The zero-order valence-corrected chi connectivity index (χ0v) is 16.1. The molecule has 2 heteroatoms. The molecule has 0 heterocycles. The largest absolute Gasteiger partial charge is 0.154 e. The van der Waals surface area contributed by atoms with E-state index in [-0.39, 0.29) is 0 Å². The second-order valence-electron chi connectivity index (χ2n) is 6.93. The minimum absolute atomic E-state index is 0.923. The summed E-state index contributed by atoms with van der Waals surface area (Å²) >= 11 is 0. The molecule has 0 saturated heterocycles. The smallest absolute Gasteiger partial charge is 0.0656 e. The third-order valence-electron chi connectivity index (χ3n) is 4.16. The Morgan fingerprint density at radius 3 is 1.30 bits per heavy atom. The van der Waals surface area contributed by atoms with Gasteiger partial charge in [0.15, 0.2) is 8.80 Å². The van der Waals surface area contributed by atoms with Crippen LogP contribution in [0, 0.1) is 0 Å². The van der Waals surface area contributed by atoms with Gasteiger partial charge in [0.25, 0.3) is 0 Å². The molecule has 0 aliphatic heterocycles. The van der Waals surface area contributed by atoms with Gasteiger partial charge in [0.2, 0.25) is 0 Å². The summed E-state index contributed by atoms with van der Waals surface area (Å²) in [6.45, 7) is 7.22. The summed E-state index contributed by atoms with van der Waals surface area (Å²) in [5, 5.41) is 5.90. The molecule has 3 aromatic carbocycles. The summed E-state index contributed by atoms with van der Waals surface area (Å²) in [7, 11) is -2.16. The van der Waals surface area contributed by atoms with E-state index in [1.165, 1.54) is 20.7 Å². The molecule has 0 amide bonds. The first-order valence-corrected chi connectivity index (χ1v) is 13.1. The van der Waals surface area contributed by atoms with Gasteiger partial charge in [-0.25, -0.2) is 0 Å². The zero-order valence-electron chi connectivity index (χ0n) is 14.1. The molecule has 0 saturated carbocycles. The third-order valence-corrected chi connectivity index (χ3v) is 8.96. The van der Waals surface area contributed by atoms with Gasteiger partial charge < -0.3 is 0 Å². The predicted molar refractivity (Wildman–Crippen MR) is 107 cm³/mol. The lowest BCUT2D eigenvalue weighted by molar-refractivity contribution is 1.69. The topological polar surface area (TPSA) is 0 Å². The first-order chi connectivity index (χ1) is 11.1. The SMILES string of the molecule is C[Si](C)(C)c1ccc([Si](c2ccccc2)c2ccccc2)cc1. The predicted octanol–water partition coefficient (Wildman–Crippen LogP) is 2.75. The monoisotopic (exact) mass is 331 g/mol. The Labute approximate surface area is 142 Å².